The van der Waals surface area contributed by atoms with E-state index in [1.165, 1.54) is 0 Å². The molecule has 1 heterocycles. The molecule has 1 atom stereocenters. The van der Waals surface area contributed by atoms with Gasteiger partial charge in [0, 0.05) is 6.20 Å². The molecule has 1 aromatic rings. The molecule has 0 saturated carbocycles. The van der Waals surface area contributed by atoms with Gasteiger partial charge in [-0.15, -0.1) is 0 Å². The third kappa shape index (κ3) is 1.72. The van der Waals surface area contributed by atoms with Crippen molar-refractivity contribution in [1.29, 1.82) is 0 Å². The maximum absolute atomic E-state index is 8.95. The zero-order chi connectivity index (χ0) is 9.19. The van der Waals surface area contributed by atoms with Crippen LogP contribution in [0.5, 0.6) is 0 Å². The lowest BCUT2D eigenvalue weighted by molar-refractivity contribution is 0.210. The normalized spacial score (nSPS) is 15.6. The molecule has 12 heavy (non-hydrogen) atoms. The number of anilines is 1. The van der Waals surface area contributed by atoms with E-state index in [0.717, 1.165) is 5.56 Å². The van der Waals surface area contributed by atoms with E-state index >= 15 is 0 Å². The van der Waals surface area contributed by atoms with Crippen LogP contribution in [-0.4, -0.2) is 16.7 Å². The quantitative estimate of drug-likeness (QED) is 0.571. The molecule has 4 heteroatoms. The van der Waals surface area contributed by atoms with Crippen LogP contribution in [0.15, 0.2) is 18.3 Å². The second-order valence-electron chi connectivity index (χ2n) is 3.04. The second kappa shape index (κ2) is 3.08. The van der Waals surface area contributed by atoms with Crippen molar-refractivity contribution < 1.29 is 5.11 Å². The molecule has 4 nitrogen and oxygen atoms in total. The number of hydrogen-bond acceptors (Lipinski definition) is 4. The Kier molecular flexibility index (Phi) is 2.30. The van der Waals surface area contributed by atoms with Gasteiger partial charge in [0.15, 0.2) is 0 Å². The second-order valence-corrected chi connectivity index (χ2v) is 3.04. The third-order valence-electron chi connectivity index (χ3n) is 1.77. The number of hydrogen-bond donors (Lipinski definition) is 3. The highest BCUT2D eigenvalue weighted by Crippen LogP contribution is 2.17. The van der Waals surface area contributed by atoms with Gasteiger partial charge in [-0.1, -0.05) is 0 Å². The lowest BCUT2D eigenvalue weighted by Gasteiger charge is -2.21. The first-order valence-corrected chi connectivity index (χ1v) is 3.68. The summed E-state index contributed by atoms with van der Waals surface area (Å²) in [5, 5.41) is 8.95. The molecule has 0 bridgehead atoms. The van der Waals surface area contributed by atoms with Crippen molar-refractivity contribution in [3.63, 3.8) is 0 Å². The van der Waals surface area contributed by atoms with Crippen LogP contribution in [0.25, 0.3) is 0 Å². The smallest absolute Gasteiger partial charge is 0.123 e. The van der Waals surface area contributed by atoms with Crippen molar-refractivity contribution >= 4 is 5.82 Å². The minimum Gasteiger partial charge on any atom is -0.394 e. The van der Waals surface area contributed by atoms with E-state index in [1.807, 2.05) is 0 Å². The molecule has 0 aliphatic rings. The highest BCUT2D eigenvalue weighted by molar-refractivity contribution is 5.35. The Hall–Kier alpha value is -1.13. The van der Waals surface area contributed by atoms with Gasteiger partial charge in [-0.3, -0.25) is 0 Å². The average molecular weight is 167 g/mol. The lowest BCUT2D eigenvalue weighted by atomic mass is 9.95. The summed E-state index contributed by atoms with van der Waals surface area (Å²) in [5.41, 5.74) is 11.3. The van der Waals surface area contributed by atoms with Crippen molar-refractivity contribution in [2.45, 2.75) is 12.5 Å². The molecule has 66 valence electrons. The monoisotopic (exact) mass is 167 g/mol. The van der Waals surface area contributed by atoms with Gasteiger partial charge in [-0.25, -0.2) is 4.98 Å². The molecule has 0 aromatic carbocycles. The number of rotatable bonds is 2. The molecule has 0 fully saturated rings. The highest BCUT2D eigenvalue weighted by Gasteiger charge is 2.19. The van der Waals surface area contributed by atoms with Gasteiger partial charge < -0.3 is 16.6 Å². The standard InChI is InChI=1S/C8H13N3O/c1-8(10,5-12)6-2-3-11-7(9)4-6/h2-4,12H,5,10H2,1H3,(H2,9,11)/t8-/m0/s1. The number of aliphatic hydroxyl groups is 1. The molecule has 0 spiro atoms. The van der Waals surface area contributed by atoms with Crippen LogP contribution in [-0.2, 0) is 5.54 Å². The van der Waals surface area contributed by atoms with E-state index in [4.69, 9.17) is 16.6 Å². The predicted octanol–water partition coefficient (Wildman–Crippen LogP) is -0.170. The summed E-state index contributed by atoms with van der Waals surface area (Å²) in [7, 11) is 0. The summed E-state index contributed by atoms with van der Waals surface area (Å²) in [6, 6.07) is 3.41. The van der Waals surface area contributed by atoms with Crippen LogP contribution in [0, 0.1) is 0 Å². The Morgan fingerprint density at radius 1 is 1.67 bits per heavy atom. The maximum Gasteiger partial charge on any atom is 0.123 e. The van der Waals surface area contributed by atoms with Gasteiger partial charge in [0.05, 0.1) is 12.1 Å². The Morgan fingerprint density at radius 3 is 2.83 bits per heavy atom. The summed E-state index contributed by atoms with van der Waals surface area (Å²) >= 11 is 0. The number of aliphatic hydroxyl groups excluding tert-OH is 1. The Bertz CT molecular complexity index is 273. The molecule has 1 aromatic heterocycles. The molecule has 0 amide bonds. The number of aromatic nitrogens is 1. The van der Waals surface area contributed by atoms with E-state index in [2.05, 4.69) is 4.98 Å². The fourth-order valence-electron chi connectivity index (χ4n) is 0.895. The molecule has 0 aliphatic heterocycles. The van der Waals surface area contributed by atoms with Crippen LogP contribution >= 0.6 is 0 Å². The number of nitrogens with zero attached hydrogens (tertiary/aromatic N) is 1. The Morgan fingerprint density at radius 2 is 2.33 bits per heavy atom. The summed E-state index contributed by atoms with van der Waals surface area (Å²) in [6.07, 6.45) is 1.57. The highest BCUT2D eigenvalue weighted by atomic mass is 16.3. The zero-order valence-corrected chi connectivity index (χ0v) is 6.99. The van der Waals surface area contributed by atoms with Crippen molar-refractivity contribution in [2.24, 2.45) is 5.73 Å². The average Bonchev–Trinajstić information content (AvgIpc) is 2.05. The van der Waals surface area contributed by atoms with Gasteiger partial charge in [0.2, 0.25) is 0 Å². The van der Waals surface area contributed by atoms with Crippen LogP contribution in [0.1, 0.15) is 12.5 Å². The first-order chi connectivity index (χ1) is 5.56. The minimum absolute atomic E-state index is 0.115. The fourth-order valence-corrected chi connectivity index (χ4v) is 0.895. The zero-order valence-electron chi connectivity index (χ0n) is 6.99. The minimum atomic E-state index is -0.739. The molecule has 0 unspecified atom stereocenters. The molecule has 0 radical (unpaired) electrons. The van der Waals surface area contributed by atoms with E-state index < -0.39 is 5.54 Å². The maximum atomic E-state index is 8.95. The summed E-state index contributed by atoms with van der Waals surface area (Å²) in [6.45, 7) is 1.62. The van der Waals surface area contributed by atoms with Crippen molar-refractivity contribution in [3.8, 4) is 0 Å². The van der Waals surface area contributed by atoms with Crippen LogP contribution in [0.2, 0.25) is 0 Å². The molecular weight excluding hydrogens is 154 g/mol. The van der Waals surface area contributed by atoms with Crippen LogP contribution in [0.4, 0.5) is 5.82 Å². The first kappa shape index (κ1) is 8.96. The molecular formula is C8H13N3O. The number of nitrogen functional groups attached to an aromatic ring is 1. The molecule has 0 saturated heterocycles. The van der Waals surface area contributed by atoms with E-state index in [-0.39, 0.29) is 6.61 Å². The number of nitrogens with two attached hydrogens (primary N) is 2. The molecule has 0 aliphatic carbocycles. The Balaban J connectivity index is 3.03. The van der Waals surface area contributed by atoms with E-state index in [1.54, 1.807) is 25.3 Å². The van der Waals surface area contributed by atoms with Crippen molar-refractivity contribution in [3.05, 3.63) is 23.9 Å². The van der Waals surface area contributed by atoms with Gasteiger partial charge in [-0.05, 0) is 24.6 Å². The molecule has 5 N–H and O–H groups in total. The fraction of sp³-hybridized carbons (Fsp3) is 0.375. The van der Waals surface area contributed by atoms with E-state index in [9.17, 15) is 0 Å². The summed E-state index contributed by atoms with van der Waals surface area (Å²) in [5.74, 6) is 0.414. The van der Waals surface area contributed by atoms with E-state index in [0.29, 0.717) is 5.82 Å². The topological polar surface area (TPSA) is 85.2 Å². The van der Waals surface area contributed by atoms with Gasteiger partial charge >= 0.3 is 0 Å². The predicted molar refractivity (Wildman–Crippen MR) is 47.3 cm³/mol. The number of pyridine rings is 1. The van der Waals surface area contributed by atoms with Crippen LogP contribution < -0.4 is 11.5 Å². The summed E-state index contributed by atoms with van der Waals surface area (Å²) < 4.78 is 0. The van der Waals surface area contributed by atoms with Gasteiger partial charge in [0.25, 0.3) is 0 Å². The van der Waals surface area contributed by atoms with Crippen molar-refractivity contribution in [2.75, 3.05) is 12.3 Å². The van der Waals surface area contributed by atoms with Crippen molar-refractivity contribution in [1.82, 2.24) is 4.98 Å². The Labute approximate surface area is 71.2 Å². The summed E-state index contributed by atoms with van der Waals surface area (Å²) in [4.78, 5) is 3.83. The largest absolute Gasteiger partial charge is 0.394 e. The lowest BCUT2D eigenvalue weighted by Crippen LogP contribution is -2.37. The van der Waals surface area contributed by atoms with Gasteiger partial charge in [0.1, 0.15) is 5.82 Å². The van der Waals surface area contributed by atoms with Crippen LogP contribution in [0.3, 0.4) is 0 Å². The SMILES string of the molecule is C[C@](N)(CO)c1ccnc(N)c1. The first-order valence-electron chi connectivity index (χ1n) is 3.68. The van der Waals surface area contributed by atoms with Gasteiger partial charge in [-0.2, -0.15) is 0 Å². The third-order valence-corrected chi connectivity index (χ3v) is 1.77. The molecule has 1 rings (SSSR count).